The Kier molecular flexibility index (Phi) is 9.23. The molecule has 3 aromatic carbocycles. The minimum atomic E-state index is -1.01. The van der Waals surface area contributed by atoms with Gasteiger partial charge in [0.15, 0.2) is 11.5 Å². The van der Waals surface area contributed by atoms with Crippen LogP contribution in [0.3, 0.4) is 0 Å². The molecule has 1 aliphatic rings. The van der Waals surface area contributed by atoms with Crippen molar-refractivity contribution in [3.8, 4) is 28.4 Å². The van der Waals surface area contributed by atoms with E-state index in [9.17, 15) is 19.8 Å². The Morgan fingerprint density at radius 3 is 2.45 bits per heavy atom. The van der Waals surface area contributed by atoms with Crippen LogP contribution in [0, 0.1) is 0 Å². The molecular weight excluding hydrogens is 514 g/mol. The fourth-order valence-corrected chi connectivity index (χ4v) is 4.75. The number of nitrogens with zero attached hydrogens (tertiary/aromatic N) is 2. The Morgan fingerprint density at radius 1 is 1.02 bits per heavy atom. The van der Waals surface area contributed by atoms with Gasteiger partial charge in [-0.3, -0.25) is 9.59 Å². The molecule has 1 fully saturated rings. The number of hydrogen-bond acceptors (Lipinski definition) is 8. The summed E-state index contributed by atoms with van der Waals surface area (Å²) in [7, 11) is 4.47. The van der Waals surface area contributed by atoms with Gasteiger partial charge < -0.3 is 34.7 Å². The molecule has 0 saturated carbocycles. The molecule has 10 heteroatoms. The lowest BCUT2D eigenvalue weighted by molar-refractivity contribution is -0.122. The predicted molar refractivity (Wildman–Crippen MR) is 150 cm³/mol. The fourth-order valence-electron chi connectivity index (χ4n) is 4.75. The van der Waals surface area contributed by atoms with E-state index in [1.54, 1.807) is 30.2 Å². The van der Waals surface area contributed by atoms with Gasteiger partial charge in [-0.25, -0.2) is 0 Å². The first-order valence-corrected chi connectivity index (χ1v) is 12.8. The third-order valence-electron chi connectivity index (χ3n) is 6.80. The summed E-state index contributed by atoms with van der Waals surface area (Å²) >= 11 is 0. The summed E-state index contributed by atoms with van der Waals surface area (Å²) < 4.78 is 10.5. The number of aliphatic hydroxyl groups is 1. The van der Waals surface area contributed by atoms with Crippen molar-refractivity contribution in [2.24, 2.45) is 5.16 Å². The van der Waals surface area contributed by atoms with Crippen LogP contribution in [0.4, 0.5) is 0 Å². The Bertz CT molecular complexity index is 1370. The second kappa shape index (κ2) is 13.0. The molecule has 1 aliphatic heterocycles. The monoisotopic (exact) mass is 547 g/mol. The summed E-state index contributed by atoms with van der Waals surface area (Å²) in [5, 5.41) is 27.0. The summed E-state index contributed by atoms with van der Waals surface area (Å²) in [4.78, 5) is 32.9. The van der Waals surface area contributed by atoms with E-state index in [2.05, 4.69) is 10.5 Å². The summed E-state index contributed by atoms with van der Waals surface area (Å²) in [6.07, 6.45) is -0.587. The number of benzene rings is 3. The molecule has 1 saturated heterocycles. The van der Waals surface area contributed by atoms with E-state index in [4.69, 9.17) is 14.3 Å². The van der Waals surface area contributed by atoms with Gasteiger partial charge in [0.2, 0.25) is 5.91 Å². The largest absolute Gasteiger partial charge is 0.504 e. The molecular formula is C30H33N3O7. The number of carbonyl (C=O) groups is 2. The third-order valence-corrected chi connectivity index (χ3v) is 6.80. The number of amides is 2. The van der Waals surface area contributed by atoms with E-state index in [1.807, 2.05) is 36.4 Å². The summed E-state index contributed by atoms with van der Waals surface area (Å²) in [5.41, 5.74) is 3.47. The van der Waals surface area contributed by atoms with Crippen LogP contribution in [0.5, 0.6) is 17.2 Å². The maximum absolute atomic E-state index is 13.5. The highest BCUT2D eigenvalue weighted by Crippen LogP contribution is 2.31. The summed E-state index contributed by atoms with van der Waals surface area (Å²) in [6, 6.07) is 19.0. The molecule has 2 amide bonds. The quantitative estimate of drug-likeness (QED) is 0.331. The average molecular weight is 548 g/mol. The lowest BCUT2D eigenvalue weighted by Crippen LogP contribution is -2.40. The van der Waals surface area contributed by atoms with E-state index in [0.29, 0.717) is 23.3 Å². The molecule has 1 heterocycles. The first-order chi connectivity index (χ1) is 19.3. The van der Waals surface area contributed by atoms with Crippen LogP contribution >= 0.6 is 0 Å². The molecule has 210 valence electrons. The fraction of sp³-hybridized carbons (Fsp3) is 0.300. The molecule has 0 bridgehead atoms. The number of carbonyl (C=O) groups excluding carboxylic acids is 2. The molecule has 10 nitrogen and oxygen atoms in total. The zero-order chi connectivity index (χ0) is 28.6. The first kappa shape index (κ1) is 28.4. The van der Waals surface area contributed by atoms with Gasteiger partial charge >= 0.3 is 0 Å². The molecule has 40 heavy (non-hydrogen) atoms. The van der Waals surface area contributed by atoms with Crippen molar-refractivity contribution in [3.63, 3.8) is 0 Å². The zero-order valence-electron chi connectivity index (χ0n) is 22.7. The standard InChI is InChI=1S/C30H33N3O7/c1-38-27-7-5-4-6-24(27)19-8-10-20(11-9-19)30(37)33-18-22(32-40-3)15-23(33)16-29(36)31-17-26(35)21-12-13-25(34)28(14-21)39-2/h4-14,23,26,34-35H,15-18H2,1-3H3,(H,31,36)/t23-,26?/m0/s1. The summed E-state index contributed by atoms with van der Waals surface area (Å²) in [5.74, 6) is 0.377. The topological polar surface area (TPSA) is 130 Å². The number of phenolic OH excluding ortho intramolecular Hbond substituents is 1. The van der Waals surface area contributed by atoms with Crippen LogP contribution in [0.2, 0.25) is 0 Å². The van der Waals surface area contributed by atoms with Crippen LogP contribution in [0.15, 0.2) is 71.9 Å². The molecule has 4 rings (SSSR count). The molecule has 1 unspecified atom stereocenters. The Labute approximate surface area is 232 Å². The Morgan fingerprint density at radius 2 is 1.75 bits per heavy atom. The van der Waals surface area contributed by atoms with Gasteiger partial charge in [-0.05, 0) is 41.5 Å². The number of aromatic hydroxyl groups is 1. The van der Waals surface area contributed by atoms with Gasteiger partial charge in [-0.1, -0.05) is 41.6 Å². The lowest BCUT2D eigenvalue weighted by atomic mass is 10.0. The van der Waals surface area contributed by atoms with E-state index >= 15 is 0 Å². The van der Waals surface area contributed by atoms with E-state index in [1.165, 1.54) is 26.4 Å². The maximum Gasteiger partial charge on any atom is 0.254 e. The minimum Gasteiger partial charge on any atom is -0.504 e. The van der Waals surface area contributed by atoms with Gasteiger partial charge in [-0.15, -0.1) is 0 Å². The SMILES string of the molecule is CON=C1C[C@@H](CC(=O)NCC(O)c2ccc(O)c(OC)c2)N(C(=O)c2ccc(-c3ccccc3OC)cc2)C1. The van der Waals surface area contributed by atoms with E-state index in [-0.39, 0.29) is 42.8 Å². The van der Waals surface area contributed by atoms with Crippen LogP contribution in [-0.2, 0) is 9.63 Å². The van der Waals surface area contributed by atoms with Crippen LogP contribution < -0.4 is 14.8 Å². The van der Waals surface area contributed by atoms with E-state index < -0.39 is 12.1 Å². The van der Waals surface area contributed by atoms with Crippen LogP contribution in [0.1, 0.15) is 34.9 Å². The van der Waals surface area contributed by atoms with Crippen molar-refractivity contribution < 1.29 is 34.1 Å². The zero-order valence-corrected chi connectivity index (χ0v) is 22.7. The number of nitrogens with one attached hydrogen (secondary N) is 1. The lowest BCUT2D eigenvalue weighted by Gasteiger charge is -2.24. The van der Waals surface area contributed by atoms with Crippen LogP contribution in [0.25, 0.3) is 11.1 Å². The molecule has 0 spiro atoms. The maximum atomic E-state index is 13.5. The molecule has 3 aromatic rings. The second-order valence-corrected chi connectivity index (χ2v) is 9.36. The molecule has 0 aliphatic carbocycles. The highest BCUT2D eigenvalue weighted by molar-refractivity contribution is 6.01. The van der Waals surface area contributed by atoms with E-state index in [0.717, 1.165) is 16.9 Å². The molecule has 2 atom stereocenters. The van der Waals surface area contributed by atoms with Crippen molar-refractivity contribution in [2.75, 3.05) is 34.4 Å². The van der Waals surface area contributed by atoms with Crippen molar-refractivity contribution in [1.82, 2.24) is 10.2 Å². The van der Waals surface area contributed by atoms with Gasteiger partial charge in [0.05, 0.1) is 32.6 Å². The number of methoxy groups -OCH3 is 2. The number of aliphatic hydroxyl groups excluding tert-OH is 1. The van der Waals surface area contributed by atoms with Gasteiger partial charge in [-0.2, -0.15) is 0 Å². The van der Waals surface area contributed by atoms with Gasteiger partial charge in [0, 0.05) is 36.6 Å². The normalized spacial score (nSPS) is 16.4. The number of likely N-dealkylation sites (tertiary alicyclic amines) is 1. The van der Waals surface area contributed by atoms with Crippen LogP contribution in [-0.4, -0.2) is 73.1 Å². The number of para-hydroxylation sites is 1. The molecule has 0 radical (unpaired) electrons. The predicted octanol–water partition coefficient (Wildman–Crippen LogP) is 3.53. The minimum absolute atomic E-state index is 0.0272. The van der Waals surface area contributed by atoms with Gasteiger partial charge in [0.1, 0.15) is 12.9 Å². The smallest absolute Gasteiger partial charge is 0.254 e. The van der Waals surface area contributed by atoms with Gasteiger partial charge in [0.25, 0.3) is 5.91 Å². The number of ether oxygens (including phenoxy) is 2. The highest BCUT2D eigenvalue weighted by atomic mass is 16.6. The highest BCUT2D eigenvalue weighted by Gasteiger charge is 2.35. The Hall–Kier alpha value is -4.57. The first-order valence-electron chi connectivity index (χ1n) is 12.8. The third kappa shape index (κ3) is 6.52. The number of rotatable bonds is 10. The number of phenols is 1. The summed E-state index contributed by atoms with van der Waals surface area (Å²) in [6.45, 7) is 0.200. The average Bonchev–Trinajstić information content (AvgIpc) is 3.37. The Balaban J connectivity index is 1.43. The van der Waals surface area contributed by atoms with Crippen molar-refractivity contribution in [3.05, 3.63) is 77.9 Å². The number of hydrogen-bond donors (Lipinski definition) is 3. The van der Waals surface area contributed by atoms with Crippen molar-refractivity contribution in [2.45, 2.75) is 25.0 Å². The second-order valence-electron chi connectivity index (χ2n) is 9.36. The molecule has 3 N–H and O–H groups in total. The van der Waals surface area contributed by atoms with Crippen molar-refractivity contribution >= 4 is 17.5 Å². The molecule has 0 aromatic heterocycles. The number of oxime groups is 1. The van der Waals surface area contributed by atoms with Crippen molar-refractivity contribution in [1.29, 1.82) is 0 Å².